The summed E-state index contributed by atoms with van der Waals surface area (Å²) in [5.41, 5.74) is 0.838. The van der Waals surface area contributed by atoms with Gasteiger partial charge in [0.05, 0.1) is 6.61 Å². The fourth-order valence-corrected chi connectivity index (χ4v) is 1.48. The van der Waals surface area contributed by atoms with Gasteiger partial charge in [0.2, 0.25) is 5.95 Å². The Kier molecular flexibility index (Phi) is 4.60. The first-order valence-electron chi connectivity index (χ1n) is 6.36. The highest BCUT2D eigenvalue weighted by molar-refractivity contribution is 5.54. The smallest absolute Gasteiger partial charge is 0.321 e. The molecular formula is C13H17N5O. The summed E-state index contributed by atoms with van der Waals surface area (Å²) in [5.74, 6) is 1.08. The number of rotatable bonds is 6. The molecule has 2 aromatic rings. The lowest BCUT2D eigenvalue weighted by Gasteiger charge is -2.08. The van der Waals surface area contributed by atoms with E-state index >= 15 is 0 Å². The van der Waals surface area contributed by atoms with Crippen molar-refractivity contribution in [3.63, 3.8) is 0 Å². The van der Waals surface area contributed by atoms with Crippen molar-refractivity contribution >= 4 is 5.95 Å². The van der Waals surface area contributed by atoms with Crippen molar-refractivity contribution < 1.29 is 4.74 Å². The Labute approximate surface area is 112 Å². The van der Waals surface area contributed by atoms with Crippen LogP contribution in [0.15, 0.2) is 24.5 Å². The molecule has 0 spiro atoms. The Morgan fingerprint density at radius 3 is 2.79 bits per heavy atom. The average Bonchev–Trinajstić information content (AvgIpc) is 2.46. The van der Waals surface area contributed by atoms with Crippen molar-refractivity contribution in [1.29, 1.82) is 0 Å². The van der Waals surface area contributed by atoms with Crippen LogP contribution in [0.25, 0.3) is 11.4 Å². The Morgan fingerprint density at radius 1 is 1.21 bits per heavy atom. The summed E-state index contributed by atoms with van der Waals surface area (Å²) >= 11 is 0. The van der Waals surface area contributed by atoms with Gasteiger partial charge in [0.1, 0.15) is 0 Å². The van der Waals surface area contributed by atoms with Gasteiger partial charge < -0.3 is 10.1 Å². The van der Waals surface area contributed by atoms with Crippen LogP contribution in [0, 0.1) is 0 Å². The van der Waals surface area contributed by atoms with E-state index in [4.69, 9.17) is 4.74 Å². The predicted octanol–water partition coefficient (Wildman–Crippen LogP) is 2.15. The zero-order valence-corrected chi connectivity index (χ0v) is 11.1. The zero-order chi connectivity index (χ0) is 13.5. The van der Waals surface area contributed by atoms with Crippen LogP contribution in [0.4, 0.5) is 5.95 Å². The molecule has 2 heterocycles. The van der Waals surface area contributed by atoms with Crippen molar-refractivity contribution in [1.82, 2.24) is 19.9 Å². The molecule has 6 heteroatoms. The largest absolute Gasteiger partial charge is 0.463 e. The van der Waals surface area contributed by atoms with E-state index in [1.807, 2.05) is 26.0 Å². The van der Waals surface area contributed by atoms with E-state index in [0.29, 0.717) is 24.4 Å². The minimum atomic E-state index is 0.339. The van der Waals surface area contributed by atoms with Gasteiger partial charge in [0, 0.05) is 24.5 Å². The first-order valence-corrected chi connectivity index (χ1v) is 6.36. The van der Waals surface area contributed by atoms with Gasteiger partial charge in [0.25, 0.3) is 0 Å². The Balaban J connectivity index is 2.33. The number of hydrogen-bond donors (Lipinski definition) is 1. The summed E-state index contributed by atoms with van der Waals surface area (Å²) in [5, 5.41) is 3.07. The lowest BCUT2D eigenvalue weighted by molar-refractivity contribution is 0.292. The molecule has 2 aromatic heterocycles. The lowest BCUT2D eigenvalue weighted by Crippen LogP contribution is -2.08. The normalized spacial score (nSPS) is 10.2. The molecule has 0 bridgehead atoms. The van der Waals surface area contributed by atoms with Gasteiger partial charge in [-0.25, -0.2) is 0 Å². The molecule has 2 rings (SSSR count). The second-order valence-corrected chi connectivity index (χ2v) is 3.89. The average molecular weight is 259 g/mol. The van der Waals surface area contributed by atoms with Crippen LogP contribution in [-0.2, 0) is 0 Å². The fourth-order valence-electron chi connectivity index (χ4n) is 1.48. The molecule has 100 valence electrons. The maximum absolute atomic E-state index is 5.48. The summed E-state index contributed by atoms with van der Waals surface area (Å²) in [6, 6.07) is 4.09. The third kappa shape index (κ3) is 3.61. The lowest BCUT2D eigenvalue weighted by atomic mass is 10.3. The summed E-state index contributed by atoms with van der Waals surface area (Å²) in [7, 11) is 0. The molecule has 0 saturated carbocycles. The fraction of sp³-hybridized carbons (Fsp3) is 0.385. The van der Waals surface area contributed by atoms with Crippen LogP contribution in [-0.4, -0.2) is 33.1 Å². The monoisotopic (exact) mass is 259 g/mol. The molecule has 0 fully saturated rings. The van der Waals surface area contributed by atoms with Crippen LogP contribution in [0.1, 0.15) is 20.3 Å². The third-order valence-electron chi connectivity index (χ3n) is 2.30. The molecule has 0 aliphatic carbocycles. The maximum Gasteiger partial charge on any atom is 0.321 e. The van der Waals surface area contributed by atoms with E-state index in [1.165, 1.54) is 0 Å². The molecule has 1 N–H and O–H groups in total. The van der Waals surface area contributed by atoms with Crippen molar-refractivity contribution in [2.45, 2.75) is 20.3 Å². The van der Waals surface area contributed by atoms with E-state index in [0.717, 1.165) is 18.5 Å². The number of ether oxygens (including phenoxy) is 1. The van der Waals surface area contributed by atoms with E-state index in [9.17, 15) is 0 Å². The summed E-state index contributed by atoms with van der Waals surface area (Å²) in [6.07, 6.45) is 4.34. The van der Waals surface area contributed by atoms with Crippen molar-refractivity contribution in [3.05, 3.63) is 24.5 Å². The second-order valence-electron chi connectivity index (χ2n) is 3.89. The SMILES string of the molecule is CCCOc1nc(NCC)nc(-c2cccnc2)n1. The predicted molar refractivity (Wildman–Crippen MR) is 73.0 cm³/mol. The quantitative estimate of drug-likeness (QED) is 0.857. The molecule has 6 nitrogen and oxygen atoms in total. The van der Waals surface area contributed by atoms with E-state index in [1.54, 1.807) is 12.4 Å². The first-order chi connectivity index (χ1) is 9.33. The second kappa shape index (κ2) is 6.63. The van der Waals surface area contributed by atoms with Gasteiger partial charge in [-0.1, -0.05) is 6.92 Å². The summed E-state index contributed by atoms with van der Waals surface area (Å²) < 4.78 is 5.48. The Morgan fingerprint density at radius 2 is 2.11 bits per heavy atom. The van der Waals surface area contributed by atoms with Crippen LogP contribution >= 0.6 is 0 Å². The van der Waals surface area contributed by atoms with Gasteiger partial charge in [0.15, 0.2) is 5.82 Å². The minimum absolute atomic E-state index is 0.339. The molecule has 0 radical (unpaired) electrons. The molecule has 19 heavy (non-hydrogen) atoms. The van der Waals surface area contributed by atoms with Gasteiger partial charge in [-0.3, -0.25) is 4.98 Å². The van der Waals surface area contributed by atoms with Crippen LogP contribution in [0.2, 0.25) is 0 Å². The van der Waals surface area contributed by atoms with E-state index in [-0.39, 0.29) is 0 Å². The highest BCUT2D eigenvalue weighted by Gasteiger charge is 2.08. The zero-order valence-electron chi connectivity index (χ0n) is 11.1. The van der Waals surface area contributed by atoms with E-state index < -0.39 is 0 Å². The Hall–Kier alpha value is -2.24. The first kappa shape index (κ1) is 13.2. The number of pyridine rings is 1. The number of nitrogens with one attached hydrogen (secondary N) is 1. The third-order valence-corrected chi connectivity index (χ3v) is 2.30. The number of anilines is 1. The number of hydrogen-bond acceptors (Lipinski definition) is 6. The molecule has 0 amide bonds. The topological polar surface area (TPSA) is 72.8 Å². The van der Waals surface area contributed by atoms with Crippen LogP contribution in [0.3, 0.4) is 0 Å². The van der Waals surface area contributed by atoms with Gasteiger partial charge >= 0.3 is 6.01 Å². The van der Waals surface area contributed by atoms with Gasteiger partial charge in [-0.05, 0) is 25.5 Å². The van der Waals surface area contributed by atoms with E-state index in [2.05, 4.69) is 25.3 Å². The maximum atomic E-state index is 5.48. The molecule has 0 saturated heterocycles. The molecular weight excluding hydrogens is 242 g/mol. The molecule has 0 aliphatic heterocycles. The number of aromatic nitrogens is 4. The minimum Gasteiger partial charge on any atom is -0.463 e. The Bertz CT molecular complexity index is 518. The molecule has 0 aliphatic rings. The molecule has 0 aromatic carbocycles. The summed E-state index contributed by atoms with van der Waals surface area (Å²) in [4.78, 5) is 16.9. The van der Waals surface area contributed by atoms with Crippen molar-refractivity contribution in [2.75, 3.05) is 18.5 Å². The number of nitrogens with zero attached hydrogens (tertiary/aromatic N) is 4. The standard InChI is InChI=1S/C13H17N5O/c1-3-8-19-13-17-11(10-6-5-7-14-9-10)16-12(18-13)15-4-2/h5-7,9H,3-4,8H2,1-2H3,(H,15,16,17,18). The molecule has 0 atom stereocenters. The van der Waals surface area contributed by atoms with Crippen molar-refractivity contribution in [2.24, 2.45) is 0 Å². The molecule has 0 unspecified atom stereocenters. The highest BCUT2D eigenvalue weighted by atomic mass is 16.5. The van der Waals surface area contributed by atoms with Gasteiger partial charge in [-0.15, -0.1) is 0 Å². The van der Waals surface area contributed by atoms with Gasteiger partial charge in [-0.2, -0.15) is 15.0 Å². The summed E-state index contributed by atoms with van der Waals surface area (Å²) in [6.45, 7) is 5.35. The van der Waals surface area contributed by atoms with Crippen LogP contribution in [0.5, 0.6) is 6.01 Å². The highest BCUT2D eigenvalue weighted by Crippen LogP contribution is 2.17. The van der Waals surface area contributed by atoms with Crippen LogP contribution < -0.4 is 10.1 Å². The van der Waals surface area contributed by atoms with Crippen molar-refractivity contribution in [3.8, 4) is 17.4 Å².